The molecule has 2 heterocycles. The number of amides is 1. The number of halogens is 1. The van der Waals surface area contributed by atoms with E-state index in [2.05, 4.69) is 20.6 Å². The number of benzene rings is 2. The highest BCUT2D eigenvalue weighted by molar-refractivity contribution is 7.90. The summed E-state index contributed by atoms with van der Waals surface area (Å²) in [4.78, 5) is 14.5. The SMILES string of the molecule is CCCCC(=O)N(Cc1cccn1S(=O)(=O)c1ccccc1)c1cc(-c2nnn[nH]2)ccc1F. The summed E-state index contributed by atoms with van der Waals surface area (Å²) >= 11 is 0. The highest BCUT2D eigenvalue weighted by Gasteiger charge is 2.25. The minimum atomic E-state index is -3.90. The highest BCUT2D eigenvalue weighted by atomic mass is 32.2. The van der Waals surface area contributed by atoms with Crippen molar-refractivity contribution in [2.75, 3.05) is 4.90 Å². The molecule has 4 rings (SSSR count). The van der Waals surface area contributed by atoms with Crippen molar-refractivity contribution in [2.45, 2.75) is 37.6 Å². The minimum Gasteiger partial charge on any atom is -0.304 e. The first-order chi connectivity index (χ1) is 16.4. The van der Waals surface area contributed by atoms with Crippen LogP contribution < -0.4 is 4.90 Å². The van der Waals surface area contributed by atoms with Gasteiger partial charge in [-0.15, -0.1) is 5.10 Å². The van der Waals surface area contributed by atoms with E-state index in [4.69, 9.17) is 0 Å². The molecule has 1 amide bonds. The Hall–Kier alpha value is -3.86. The van der Waals surface area contributed by atoms with Crippen LogP contribution in [0.25, 0.3) is 11.4 Å². The van der Waals surface area contributed by atoms with Crippen molar-refractivity contribution in [3.8, 4) is 11.4 Å². The number of rotatable bonds is 9. The van der Waals surface area contributed by atoms with E-state index in [1.54, 1.807) is 30.3 Å². The highest BCUT2D eigenvalue weighted by Crippen LogP contribution is 2.28. The third-order valence-electron chi connectivity index (χ3n) is 5.31. The largest absolute Gasteiger partial charge is 0.304 e. The second-order valence-electron chi connectivity index (χ2n) is 7.61. The third-order valence-corrected chi connectivity index (χ3v) is 7.06. The smallest absolute Gasteiger partial charge is 0.267 e. The molecule has 0 aliphatic carbocycles. The van der Waals surface area contributed by atoms with Crippen molar-refractivity contribution < 1.29 is 17.6 Å². The maximum absolute atomic E-state index is 15.0. The predicted octanol–water partition coefficient (Wildman–Crippen LogP) is 3.77. The number of nitrogens with one attached hydrogen (secondary N) is 1. The zero-order valence-electron chi connectivity index (χ0n) is 18.4. The van der Waals surface area contributed by atoms with Gasteiger partial charge < -0.3 is 4.90 Å². The van der Waals surface area contributed by atoms with Crippen LogP contribution >= 0.6 is 0 Å². The number of H-pyrrole nitrogens is 1. The summed E-state index contributed by atoms with van der Waals surface area (Å²) in [5, 5.41) is 13.5. The number of aromatic nitrogens is 5. The first-order valence-electron chi connectivity index (χ1n) is 10.7. The van der Waals surface area contributed by atoms with E-state index in [0.29, 0.717) is 23.5 Å². The molecule has 0 unspecified atom stereocenters. The monoisotopic (exact) mass is 482 g/mol. The second kappa shape index (κ2) is 9.96. The second-order valence-corrected chi connectivity index (χ2v) is 9.43. The molecule has 0 aliphatic heterocycles. The Bertz CT molecular complexity index is 1370. The normalized spacial score (nSPS) is 11.5. The van der Waals surface area contributed by atoms with E-state index in [-0.39, 0.29) is 29.5 Å². The van der Waals surface area contributed by atoms with E-state index < -0.39 is 15.8 Å². The van der Waals surface area contributed by atoms with Crippen LogP contribution in [0.1, 0.15) is 31.9 Å². The van der Waals surface area contributed by atoms with Gasteiger partial charge in [0.25, 0.3) is 10.0 Å². The van der Waals surface area contributed by atoms with Crippen LogP contribution in [0.2, 0.25) is 0 Å². The van der Waals surface area contributed by atoms with Gasteiger partial charge in [0.05, 0.1) is 22.8 Å². The van der Waals surface area contributed by atoms with Gasteiger partial charge in [0.1, 0.15) is 5.82 Å². The average molecular weight is 483 g/mol. The van der Waals surface area contributed by atoms with Crippen LogP contribution in [0.15, 0.2) is 71.8 Å². The lowest BCUT2D eigenvalue weighted by molar-refractivity contribution is -0.118. The van der Waals surface area contributed by atoms with Crippen LogP contribution in [-0.4, -0.2) is 38.9 Å². The molecule has 0 aliphatic rings. The van der Waals surface area contributed by atoms with E-state index in [1.165, 1.54) is 41.4 Å². The number of carbonyl (C=O) groups excluding carboxylic acids is 1. The molecule has 1 N–H and O–H groups in total. The zero-order chi connectivity index (χ0) is 24.1. The zero-order valence-corrected chi connectivity index (χ0v) is 19.2. The summed E-state index contributed by atoms with van der Waals surface area (Å²) < 4.78 is 42.5. The lowest BCUT2D eigenvalue weighted by atomic mass is 10.1. The Morgan fingerprint density at radius 1 is 1.12 bits per heavy atom. The van der Waals surface area contributed by atoms with E-state index in [1.807, 2.05) is 6.92 Å². The summed E-state index contributed by atoms with van der Waals surface area (Å²) in [5.74, 6) is -0.624. The number of aromatic amines is 1. The van der Waals surface area contributed by atoms with Crippen molar-refractivity contribution in [1.29, 1.82) is 0 Å². The van der Waals surface area contributed by atoms with E-state index >= 15 is 0 Å². The molecule has 0 atom stereocenters. The molecule has 0 saturated heterocycles. The van der Waals surface area contributed by atoms with Crippen molar-refractivity contribution in [3.63, 3.8) is 0 Å². The quantitative estimate of drug-likeness (QED) is 0.389. The van der Waals surface area contributed by atoms with Crippen LogP contribution in [0.5, 0.6) is 0 Å². The van der Waals surface area contributed by atoms with Crippen molar-refractivity contribution in [1.82, 2.24) is 24.6 Å². The average Bonchev–Trinajstić information content (AvgIpc) is 3.55. The first kappa shape index (κ1) is 23.3. The summed E-state index contributed by atoms with van der Waals surface area (Å²) in [5.41, 5.74) is 0.821. The van der Waals surface area contributed by atoms with Crippen LogP contribution in [0, 0.1) is 5.82 Å². The number of carbonyl (C=O) groups is 1. The molecule has 11 heteroatoms. The van der Waals surface area contributed by atoms with E-state index in [0.717, 1.165) is 10.4 Å². The molecule has 2 aromatic heterocycles. The van der Waals surface area contributed by atoms with Crippen molar-refractivity contribution >= 4 is 21.6 Å². The summed E-state index contributed by atoms with van der Waals surface area (Å²) in [7, 11) is -3.90. The molecule has 176 valence electrons. The number of nitrogens with zero attached hydrogens (tertiary/aromatic N) is 5. The number of unbranched alkanes of at least 4 members (excludes halogenated alkanes) is 1. The van der Waals surface area contributed by atoms with Gasteiger partial charge in [0, 0.05) is 18.2 Å². The molecular weight excluding hydrogens is 459 g/mol. The Balaban J connectivity index is 1.75. The van der Waals surface area contributed by atoms with Gasteiger partial charge in [-0.3, -0.25) is 4.79 Å². The van der Waals surface area contributed by atoms with Gasteiger partial charge in [-0.2, -0.15) is 0 Å². The predicted molar refractivity (Wildman–Crippen MR) is 124 cm³/mol. The maximum Gasteiger partial charge on any atom is 0.267 e. The molecular formula is C23H23FN6O3S. The Labute approximate surface area is 196 Å². The molecule has 4 aromatic rings. The Kier molecular flexibility index (Phi) is 6.82. The van der Waals surface area contributed by atoms with Gasteiger partial charge in [-0.05, 0) is 59.3 Å². The molecule has 0 spiro atoms. The lowest BCUT2D eigenvalue weighted by Crippen LogP contribution is -2.32. The fourth-order valence-corrected chi connectivity index (χ4v) is 4.93. The molecule has 34 heavy (non-hydrogen) atoms. The molecule has 0 bridgehead atoms. The Morgan fingerprint density at radius 2 is 1.91 bits per heavy atom. The lowest BCUT2D eigenvalue weighted by Gasteiger charge is -2.24. The molecule has 9 nitrogen and oxygen atoms in total. The number of hydrogen-bond acceptors (Lipinski definition) is 6. The maximum atomic E-state index is 15.0. The van der Waals surface area contributed by atoms with Gasteiger partial charge in [-0.25, -0.2) is 21.9 Å². The topological polar surface area (TPSA) is 114 Å². The van der Waals surface area contributed by atoms with Gasteiger partial charge in [0.15, 0.2) is 5.82 Å². The molecule has 2 aromatic carbocycles. The van der Waals surface area contributed by atoms with Gasteiger partial charge in [-0.1, -0.05) is 31.5 Å². The fourth-order valence-electron chi connectivity index (χ4n) is 3.55. The van der Waals surface area contributed by atoms with Crippen LogP contribution in [0.3, 0.4) is 0 Å². The molecule has 0 fully saturated rings. The van der Waals surface area contributed by atoms with Gasteiger partial charge >= 0.3 is 0 Å². The molecule has 0 radical (unpaired) electrons. The minimum absolute atomic E-state index is 0.0138. The van der Waals surface area contributed by atoms with Gasteiger partial charge in [0.2, 0.25) is 5.91 Å². The summed E-state index contributed by atoms with van der Waals surface area (Å²) in [6.07, 6.45) is 3.01. The van der Waals surface area contributed by atoms with Crippen LogP contribution in [-0.2, 0) is 21.4 Å². The summed E-state index contributed by atoms with van der Waals surface area (Å²) in [6.45, 7) is 1.81. The number of anilines is 1. The standard InChI is InChI=1S/C23H23FN6O3S/c1-2-3-11-22(31)29(21-15-17(12-13-20(21)24)23-25-27-28-26-23)16-18-8-7-14-30(18)34(32,33)19-9-5-4-6-10-19/h4-10,12-15H,2-3,11,16H2,1H3,(H,25,26,27,28). The van der Waals surface area contributed by atoms with Crippen LogP contribution in [0.4, 0.5) is 10.1 Å². The third kappa shape index (κ3) is 4.74. The summed E-state index contributed by atoms with van der Waals surface area (Å²) in [6, 6.07) is 15.4. The molecule has 0 saturated carbocycles. The van der Waals surface area contributed by atoms with Crippen molar-refractivity contribution in [3.05, 3.63) is 78.4 Å². The Morgan fingerprint density at radius 3 is 2.62 bits per heavy atom. The van der Waals surface area contributed by atoms with Crippen molar-refractivity contribution in [2.24, 2.45) is 0 Å². The van der Waals surface area contributed by atoms with E-state index in [9.17, 15) is 17.6 Å². The fraction of sp³-hybridized carbons (Fsp3) is 0.217. The number of hydrogen-bond donors (Lipinski definition) is 1. The first-order valence-corrected chi connectivity index (χ1v) is 12.2. The number of tetrazole rings is 1.